The summed E-state index contributed by atoms with van der Waals surface area (Å²) >= 11 is 5.77. The minimum atomic E-state index is -1.16. The van der Waals surface area contributed by atoms with Gasteiger partial charge >= 0.3 is 0 Å². The van der Waals surface area contributed by atoms with E-state index in [1.54, 1.807) is 6.92 Å². The summed E-state index contributed by atoms with van der Waals surface area (Å²) in [4.78, 5) is 0. The van der Waals surface area contributed by atoms with E-state index in [0.29, 0.717) is 16.1 Å². The fourth-order valence-corrected chi connectivity index (χ4v) is 1.92. The van der Waals surface area contributed by atoms with E-state index in [2.05, 4.69) is 0 Å². The molecule has 4 heteroatoms. The maximum atomic E-state index is 13.6. The highest BCUT2D eigenvalue weighted by Gasteiger charge is 2.16. The Kier molecular flexibility index (Phi) is 3.64. The Hall–Kier alpha value is -1.45. The summed E-state index contributed by atoms with van der Waals surface area (Å²) in [5.41, 5.74) is 0.901. The fourth-order valence-electron chi connectivity index (χ4n) is 1.74. The monoisotopic (exact) mass is 268 g/mol. The van der Waals surface area contributed by atoms with Crippen LogP contribution in [0, 0.1) is 18.6 Å². The highest BCUT2D eigenvalue weighted by molar-refractivity contribution is 6.30. The second-order valence-electron chi connectivity index (χ2n) is 4.08. The van der Waals surface area contributed by atoms with Gasteiger partial charge in [-0.25, -0.2) is 8.78 Å². The number of hydrogen-bond acceptors (Lipinski definition) is 1. The van der Waals surface area contributed by atoms with Gasteiger partial charge in [0.2, 0.25) is 0 Å². The van der Waals surface area contributed by atoms with Gasteiger partial charge in [-0.2, -0.15) is 0 Å². The van der Waals surface area contributed by atoms with Crippen molar-refractivity contribution in [1.29, 1.82) is 0 Å². The number of halogens is 3. The Labute approximate surface area is 109 Å². The standard InChI is InChI=1S/C14H11ClF2O/c1-8-6-9(2-4-12(8)16)14(18)11-7-10(15)3-5-13(11)17/h2-7,14,18H,1H3. The van der Waals surface area contributed by atoms with Crippen molar-refractivity contribution in [2.75, 3.05) is 0 Å². The molecular weight excluding hydrogens is 258 g/mol. The summed E-state index contributed by atoms with van der Waals surface area (Å²) in [5.74, 6) is -0.911. The van der Waals surface area contributed by atoms with Crippen LogP contribution in [-0.2, 0) is 0 Å². The Balaban J connectivity index is 2.44. The van der Waals surface area contributed by atoms with Crippen molar-refractivity contribution in [2.24, 2.45) is 0 Å². The summed E-state index contributed by atoms with van der Waals surface area (Å²) in [5, 5.41) is 10.4. The van der Waals surface area contributed by atoms with Crippen molar-refractivity contribution in [1.82, 2.24) is 0 Å². The SMILES string of the molecule is Cc1cc(C(O)c2cc(Cl)ccc2F)ccc1F. The van der Waals surface area contributed by atoms with E-state index in [0.717, 1.165) is 0 Å². The summed E-state index contributed by atoms with van der Waals surface area (Å²) in [7, 11) is 0. The highest BCUT2D eigenvalue weighted by Crippen LogP contribution is 2.27. The van der Waals surface area contributed by atoms with Gasteiger partial charge in [-0.15, -0.1) is 0 Å². The molecule has 0 aliphatic rings. The lowest BCUT2D eigenvalue weighted by atomic mass is 9.99. The molecule has 1 atom stereocenters. The van der Waals surface area contributed by atoms with Crippen molar-refractivity contribution in [3.8, 4) is 0 Å². The molecule has 0 aliphatic carbocycles. The highest BCUT2D eigenvalue weighted by atomic mass is 35.5. The van der Waals surface area contributed by atoms with Crippen LogP contribution < -0.4 is 0 Å². The molecular formula is C14H11ClF2O. The predicted octanol–water partition coefficient (Wildman–Crippen LogP) is 4.01. The zero-order valence-corrected chi connectivity index (χ0v) is 10.4. The van der Waals surface area contributed by atoms with Gasteiger partial charge in [0.15, 0.2) is 0 Å². The molecule has 2 aromatic rings. The van der Waals surface area contributed by atoms with Gasteiger partial charge in [0.05, 0.1) is 0 Å². The molecule has 0 heterocycles. The third-order valence-corrected chi connectivity index (χ3v) is 2.99. The quantitative estimate of drug-likeness (QED) is 0.873. The molecule has 0 saturated carbocycles. The summed E-state index contributed by atoms with van der Waals surface area (Å²) in [6.45, 7) is 1.58. The number of hydrogen-bond donors (Lipinski definition) is 1. The lowest BCUT2D eigenvalue weighted by molar-refractivity contribution is 0.215. The molecule has 18 heavy (non-hydrogen) atoms. The molecule has 0 fully saturated rings. The van der Waals surface area contributed by atoms with Crippen LogP contribution in [0.1, 0.15) is 22.8 Å². The molecule has 1 unspecified atom stereocenters. The van der Waals surface area contributed by atoms with Crippen molar-refractivity contribution < 1.29 is 13.9 Å². The van der Waals surface area contributed by atoms with E-state index in [1.165, 1.54) is 36.4 Å². The Morgan fingerprint density at radius 1 is 1.06 bits per heavy atom. The minimum Gasteiger partial charge on any atom is -0.384 e. The van der Waals surface area contributed by atoms with Crippen LogP contribution in [0.4, 0.5) is 8.78 Å². The van der Waals surface area contributed by atoms with Crippen LogP contribution >= 0.6 is 11.6 Å². The van der Waals surface area contributed by atoms with Gasteiger partial charge in [-0.3, -0.25) is 0 Å². The fraction of sp³-hybridized carbons (Fsp3) is 0.143. The molecule has 94 valence electrons. The Bertz CT molecular complexity index is 584. The number of aryl methyl sites for hydroxylation is 1. The molecule has 0 amide bonds. The summed E-state index contributed by atoms with van der Waals surface area (Å²) < 4.78 is 26.7. The van der Waals surface area contributed by atoms with E-state index < -0.39 is 11.9 Å². The second-order valence-corrected chi connectivity index (χ2v) is 4.51. The third-order valence-electron chi connectivity index (χ3n) is 2.75. The normalized spacial score (nSPS) is 12.5. The van der Waals surface area contributed by atoms with E-state index in [1.807, 2.05) is 0 Å². The molecule has 0 aromatic heterocycles. The number of benzene rings is 2. The van der Waals surface area contributed by atoms with E-state index in [9.17, 15) is 13.9 Å². The first-order valence-electron chi connectivity index (χ1n) is 5.38. The number of rotatable bonds is 2. The van der Waals surface area contributed by atoms with Crippen molar-refractivity contribution >= 4 is 11.6 Å². The van der Waals surface area contributed by atoms with E-state index >= 15 is 0 Å². The smallest absolute Gasteiger partial charge is 0.129 e. The predicted molar refractivity (Wildman–Crippen MR) is 66.6 cm³/mol. The topological polar surface area (TPSA) is 20.2 Å². The molecule has 1 nitrogen and oxygen atoms in total. The van der Waals surface area contributed by atoms with Gasteiger partial charge in [0, 0.05) is 10.6 Å². The molecule has 1 N–H and O–H groups in total. The molecule has 0 bridgehead atoms. The Morgan fingerprint density at radius 3 is 2.39 bits per heavy atom. The molecule has 0 saturated heterocycles. The van der Waals surface area contributed by atoms with Gasteiger partial charge in [-0.1, -0.05) is 23.7 Å². The first-order chi connectivity index (χ1) is 8.49. The van der Waals surface area contributed by atoms with Crippen LogP contribution in [0.25, 0.3) is 0 Å². The van der Waals surface area contributed by atoms with Gasteiger partial charge in [0.25, 0.3) is 0 Å². The Morgan fingerprint density at radius 2 is 1.72 bits per heavy atom. The maximum Gasteiger partial charge on any atom is 0.129 e. The lowest BCUT2D eigenvalue weighted by Crippen LogP contribution is -2.03. The van der Waals surface area contributed by atoms with Crippen molar-refractivity contribution in [3.63, 3.8) is 0 Å². The molecule has 0 radical (unpaired) electrons. The van der Waals surface area contributed by atoms with E-state index in [4.69, 9.17) is 11.6 Å². The molecule has 2 aromatic carbocycles. The maximum absolute atomic E-state index is 13.6. The van der Waals surface area contributed by atoms with E-state index in [-0.39, 0.29) is 11.4 Å². The van der Waals surface area contributed by atoms with Gasteiger partial charge in [0.1, 0.15) is 17.7 Å². The first kappa shape index (κ1) is 13.0. The van der Waals surface area contributed by atoms with Gasteiger partial charge < -0.3 is 5.11 Å². The van der Waals surface area contributed by atoms with Crippen molar-refractivity contribution in [2.45, 2.75) is 13.0 Å². The zero-order chi connectivity index (χ0) is 13.3. The average Bonchev–Trinajstić information content (AvgIpc) is 2.35. The van der Waals surface area contributed by atoms with Crippen LogP contribution in [0.15, 0.2) is 36.4 Å². The summed E-state index contributed by atoms with van der Waals surface area (Å²) in [6.07, 6.45) is -1.16. The van der Waals surface area contributed by atoms with Crippen LogP contribution in [-0.4, -0.2) is 5.11 Å². The summed E-state index contributed by atoms with van der Waals surface area (Å²) in [6, 6.07) is 8.12. The average molecular weight is 269 g/mol. The second kappa shape index (κ2) is 5.04. The molecule has 0 spiro atoms. The largest absolute Gasteiger partial charge is 0.384 e. The van der Waals surface area contributed by atoms with Crippen LogP contribution in [0.3, 0.4) is 0 Å². The lowest BCUT2D eigenvalue weighted by Gasteiger charge is -2.13. The van der Waals surface area contributed by atoms with Crippen LogP contribution in [0.2, 0.25) is 5.02 Å². The molecule has 2 rings (SSSR count). The van der Waals surface area contributed by atoms with Crippen LogP contribution in [0.5, 0.6) is 0 Å². The van der Waals surface area contributed by atoms with Gasteiger partial charge in [-0.05, 0) is 42.3 Å². The first-order valence-corrected chi connectivity index (χ1v) is 5.76. The van der Waals surface area contributed by atoms with Crippen molar-refractivity contribution in [3.05, 3.63) is 69.7 Å². The third kappa shape index (κ3) is 2.52. The molecule has 0 aliphatic heterocycles. The minimum absolute atomic E-state index is 0.0773. The number of aliphatic hydroxyl groups excluding tert-OH is 1. The number of aliphatic hydroxyl groups is 1. The zero-order valence-electron chi connectivity index (χ0n) is 9.62.